The van der Waals surface area contributed by atoms with Gasteiger partial charge in [-0.3, -0.25) is 9.59 Å². The number of anilines is 1. The Labute approximate surface area is 355 Å². The van der Waals surface area contributed by atoms with Crippen molar-refractivity contribution in [2.75, 3.05) is 4.90 Å². The zero-order valence-corrected chi connectivity index (χ0v) is 33.2. The van der Waals surface area contributed by atoms with E-state index in [4.69, 9.17) is 0 Å². The summed E-state index contributed by atoms with van der Waals surface area (Å²) < 4.78 is 6.84. The van der Waals surface area contributed by atoms with E-state index >= 15 is 0 Å². The van der Waals surface area contributed by atoms with Crippen molar-refractivity contribution >= 4 is 82.9 Å². The first kappa shape index (κ1) is 34.4. The molecule has 1 aliphatic heterocycles. The van der Waals surface area contributed by atoms with Crippen LogP contribution >= 0.6 is 0 Å². The summed E-state index contributed by atoms with van der Waals surface area (Å²) in [5, 5.41) is 6.81. The fraction of sp³-hybridized carbons (Fsp3) is 0. The average Bonchev–Trinajstić information content (AvgIpc) is 4.03. The maximum Gasteiger partial charge on any atom is 0.268 e. The van der Waals surface area contributed by atoms with Gasteiger partial charge in [0.25, 0.3) is 11.8 Å². The van der Waals surface area contributed by atoms with Crippen LogP contribution in [0.3, 0.4) is 0 Å². The van der Waals surface area contributed by atoms with E-state index in [2.05, 4.69) is 147 Å². The molecule has 12 aromatic rings. The molecule has 4 heterocycles. The molecule has 6 nitrogen and oxygen atoms in total. The number of amides is 2. The molecule has 3 aromatic heterocycles. The number of imide groups is 1. The highest BCUT2D eigenvalue weighted by Crippen LogP contribution is 2.42. The molecule has 0 radical (unpaired) electrons. The molecule has 0 bridgehead atoms. The maximum atomic E-state index is 14.9. The third kappa shape index (κ3) is 4.80. The third-order valence-corrected chi connectivity index (χ3v) is 12.8. The highest BCUT2D eigenvalue weighted by molar-refractivity contribution is 6.36. The number of rotatable bonds is 5. The minimum atomic E-state index is -0.347. The summed E-state index contributed by atoms with van der Waals surface area (Å²) in [6.45, 7) is 0. The van der Waals surface area contributed by atoms with E-state index in [1.165, 1.54) is 26.4 Å². The lowest BCUT2D eigenvalue weighted by atomic mass is 10.1. The molecule has 0 aliphatic carbocycles. The predicted octanol–water partition coefficient (Wildman–Crippen LogP) is 13.4. The number of carbonyl (C=O) groups excluding carboxylic acids is 2. The molecule has 0 unspecified atom stereocenters. The molecule has 0 atom stereocenters. The summed E-state index contributed by atoms with van der Waals surface area (Å²) >= 11 is 0. The van der Waals surface area contributed by atoms with E-state index in [1.807, 2.05) is 66.7 Å². The summed E-state index contributed by atoms with van der Waals surface area (Å²) in [4.78, 5) is 30.7. The van der Waals surface area contributed by atoms with Crippen LogP contribution in [-0.2, 0) is 0 Å². The van der Waals surface area contributed by atoms with Crippen molar-refractivity contribution in [3.63, 3.8) is 0 Å². The molecular weight excluding hydrogens is 761 g/mol. The standard InChI is InChI=1S/C56H34N4O2/c61-55-46-19-12-24-51(54(46)56(62)59(55)37-27-25-36(26-28-37)35-13-2-1-3-14-35)60-52-33-38(57-47-20-8-4-15-40(47)41-16-5-9-21-48(41)57)29-31-44(52)45-32-30-39(34-53(45)60)58-49-22-10-6-17-42(49)43-18-7-11-23-50(43)58/h1-34H. The van der Waals surface area contributed by atoms with Crippen molar-refractivity contribution in [2.24, 2.45) is 0 Å². The van der Waals surface area contributed by atoms with Crippen LogP contribution in [0.2, 0.25) is 0 Å². The Morgan fingerprint density at radius 1 is 0.290 bits per heavy atom. The number of aromatic nitrogens is 3. The first-order valence-electron chi connectivity index (χ1n) is 20.9. The van der Waals surface area contributed by atoms with Crippen molar-refractivity contribution in [3.8, 4) is 28.2 Å². The monoisotopic (exact) mass is 794 g/mol. The second kappa shape index (κ2) is 13.0. The molecular formula is C56H34N4O2. The number of hydrogen-bond donors (Lipinski definition) is 0. The molecule has 2 amide bonds. The molecule has 9 aromatic carbocycles. The van der Waals surface area contributed by atoms with Crippen LogP contribution in [0.4, 0.5) is 5.69 Å². The highest BCUT2D eigenvalue weighted by atomic mass is 16.2. The number of hydrogen-bond acceptors (Lipinski definition) is 2. The number of fused-ring (bicyclic) bond motifs is 10. The molecule has 0 saturated heterocycles. The number of para-hydroxylation sites is 4. The normalized spacial score (nSPS) is 12.9. The molecule has 1 aliphatic rings. The number of benzene rings is 9. The van der Waals surface area contributed by atoms with Gasteiger partial charge in [-0.15, -0.1) is 0 Å². The Morgan fingerprint density at radius 3 is 1.21 bits per heavy atom. The topological polar surface area (TPSA) is 52.2 Å². The SMILES string of the molecule is O=C1c2cccc(-n3c4cc(-n5c6ccccc6c6ccccc65)ccc4c4ccc(-n5c6ccccc6c6ccccc65)cc43)c2C(=O)N1c1ccc(-c2ccccc2)cc1. The van der Waals surface area contributed by atoms with Crippen molar-refractivity contribution < 1.29 is 9.59 Å². The number of carbonyl (C=O) groups is 2. The van der Waals surface area contributed by atoms with Gasteiger partial charge in [-0.2, -0.15) is 0 Å². The van der Waals surface area contributed by atoms with Crippen molar-refractivity contribution in [2.45, 2.75) is 0 Å². The molecule has 0 saturated carbocycles. The van der Waals surface area contributed by atoms with Gasteiger partial charge in [0.05, 0.1) is 55.6 Å². The summed E-state index contributed by atoms with van der Waals surface area (Å²) in [7, 11) is 0. The van der Waals surface area contributed by atoms with Crippen molar-refractivity contribution in [1.29, 1.82) is 0 Å². The second-order valence-electron chi connectivity index (χ2n) is 16.0. The van der Waals surface area contributed by atoms with Crippen LogP contribution in [0.15, 0.2) is 206 Å². The summed E-state index contributed by atoms with van der Waals surface area (Å²) in [6.07, 6.45) is 0. The smallest absolute Gasteiger partial charge is 0.268 e. The van der Waals surface area contributed by atoms with E-state index in [0.717, 1.165) is 66.4 Å². The van der Waals surface area contributed by atoms with E-state index < -0.39 is 0 Å². The highest BCUT2D eigenvalue weighted by Gasteiger charge is 2.39. The van der Waals surface area contributed by atoms with Gasteiger partial charge in [0.15, 0.2) is 0 Å². The lowest BCUT2D eigenvalue weighted by Crippen LogP contribution is -2.29. The zero-order chi connectivity index (χ0) is 41.1. The van der Waals surface area contributed by atoms with E-state index in [-0.39, 0.29) is 11.8 Å². The van der Waals surface area contributed by atoms with Gasteiger partial charge < -0.3 is 13.7 Å². The Bertz CT molecular complexity index is 3570. The Balaban J connectivity index is 1.07. The van der Waals surface area contributed by atoms with E-state index in [0.29, 0.717) is 22.5 Å². The maximum absolute atomic E-state index is 14.9. The van der Waals surface area contributed by atoms with Gasteiger partial charge in [-0.1, -0.05) is 133 Å². The quantitative estimate of drug-likeness (QED) is 0.163. The molecule has 0 N–H and O–H groups in total. The molecule has 0 fully saturated rings. The van der Waals surface area contributed by atoms with Gasteiger partial charge in [0.1, 0.15) is 0 Å². The van der Waals surface area contributed by atoms with Gasteiger partial charge in [-0.25, -0.2) is 4.90 Å². The zero-order valence-electron chi connectivity index (χ0n) is 33.2. The average molecular weight is 795 g/mol. The first-order valence-corrected chi connectivity index (χ1v) is 20.9. The molecule has 62 heavy (non-hydrogen) atoms. The van der Waals surface area contributed by atoms with E-state index in [9.17, 15) is 9.59 Å². The molecule has 6 heteroatoms. The van der Waals surface area contributed by atoms with Crippen LogP contribution in [0.5, 0.6) is 0 Å². The third-order valence-electron chi connectivity index (χ3n) is 12.8. The largest absolute Gasteiger partial charge is 0.309 e. The minimum absolute atomic E-state index is 0.336. The predicted molar refractivity (Wildman–Crippen MR) is 252 cm³/mol. The van der Waals surface area contributed by atoms with Gasteiger partial charge in [-0.05, 0) is 83.9 Å². The Morgan fingerprint density at radius 2 is 0.710 bits per heavy atom. The van der Waals surface area contributed by atoms with Crippen molar-refractivity contribution in [1.82, 2.24) is 13.7 Å². The summed E-state index contributed by atoms with van der Waals surface area (Å²) in [5.74, 6) is -0.683. The van der Waals surface area contributed by atoms with Gasteiger partial charge in [0, 0.05) is 43.7 Å². The van der Waals surface area contributed by atoms with Crippen molar-refractivity contribution in [3.05, 3.63) is 217 Å². The first-order chi connectivity index (χ1) is 30.6. The Kier molecular flexibility index (Phi) is 7.22. The fourth-order valence-corrected chi connectivity index (χ4v) is 10.1. The van der Waals surface area contributed by atoms with Crippen LogP contribution in [-0.4, -0.2) is 25.5 Å². The van der Waals surface area contributed by atoms with Gasteiger partial charge >= 0.3 is 0 Å². The second-order valence-corrected chi connectivity index (χ2v) is 16.0. The summed E-state index contributed by atoms with van der Waals surface area (Å²) in [6, 6.07) is 70.7. The lowest BCUT2D eigenvalue weighted by Gasteiger charge is -2.16. The lowest BCUT2D eigenvalue weighted by molar-refractivity contribution is 0.0926. The van der Waals surface area contributed by atoms with E-state index in [1.54, 1.807) is 6.07 Å². The van der Waals surface area contributed by atoms with Crippen LogP contribution in [0, 0.1) is 0 Å². The minimum Gasteiger partial charge on any atom is -0.309 e. The summed E-state index contributed by atoms with van der Waals surface area (Å²) in [5.41, 5.74) is 12.3. The molecule has 0 spiro atoms. The van der Waals surface area contributed by atoms with Crippen LogP contribution < -0.4 is 4.90 Å². The van der Waals surface area contributed by atoms with Gasteiger partial charge in [0.2, 0.25) is 0 Å². The molecule has 290 valence electrons. The van der Waals surface area contributed by atoms with Crippen LogP contribution in [0.25, 0.3) is 93.6 Å². The van der Waals surface area contributed by atoms with Crippen LogP contribution in [0.1, 0.15) is 20.7 Å². The Hall–Kier alpha value is -8.48. The molecule has 13 rings (SSSR count). The number of nitrogens with zero attached hydrogens (tertiary/aromatic N) is 4. The fourth-order valence-electron chi connectivity index (χ4n) is 10.1.